The van der Waals surface area contributed by atoms with Gasteiger partial charge in [-0.15, -0.1) is 0 Å². The van der Waals surface area contributed by atoms with Crippen molar-refractivity contribution >= 4 is 0 Å². The average molecular weight is 467 g/mol. The maximum Gasteiger partial charge on any atom is 0.171 e. The first kappa shape index (κ1) is 22.3. The Hall–Kier alpha value is -0.940. The molecule has 2 unspecified atom stereocenters. The van der Waals surface area contributed by atoms with E-state index in [-0.39, 0.29) is 27.8 Å². The first-order valence-electron chi connectivity index (χ1n) is 13.9. The largest absolute Gasteiger partial charge is 0.393 e. The van der Waals surface area contributed by atoms with E-state index in [9.17, 15) is 10.2 Å². The summed E-state index contributed by atoms with van der Waals surface area (Å²) in [5.74, 6) is 0.446. The number of aliphatic hydroxyl groups is 2. The Kier molecular flexibility index (Phi) is 4.37. The summed E-state index contributed by atoms with van der Waals surface area (Å²) in [6, 6.07) is 9.11. The van der Waals surface area contributed by atoms with Crippen LogP contribution in [-0.2, 0) is 21.3 Å². The SMILES string of the molecule is CC1(C)COC2(CC[C@]34Cc5ccccc5[C@]35CC[C@@]3(C)C(CC[C@@H]3O)C5CC[C@@]4(O)C2)OC1. The molecule has 1 aromatic carbocycles. The minimum Gasteiger partial charge on any atom is -0.393 e. The van der Waals surface area contributed by atoms with E-state index in [1.807, 2.05) is 0 Å². The summed E-state index contributed by atoms with van der Waals surface area (Å²) in [5, 5.41) is 23.8. The molecular formula is C30H42O4. The van der Waals surface area contributed by atoms with Gasteiger partial charge in [-0.3, -0.25) is 0 Å². The van der Waals surface area contributed by atoms with Gasteiger partial charge in [-0.25, -0.2) is 0 Å². The summed E-state index contributed by atoms with van der Waals surface area (Å²) in [5.41, 5.74) is 2.09. The summed E-state index contributed by atoms with van der Waals surface area (Å²) in [4.78, 5) is 0. The lowest BCUT2D eigenvalue weighted by atomic mass is 9.36. The van der Waals surface area contributed by atoms with Gasteiger partial charge in [0, 0.05) is 29.1 Å². The van der Waals surface area contributed by atoms with E-state index in [4.69, 9.17) is 9.47 Å². The molecule has 1 aliphatic heterocycles. The highest BCUT2D eigenvalue weighted by Crippen LogP contribution is 2.77. The van der Waals surface area contributed by atoms with Gasteiger partial charge in [-0.2, -0.15) is 0 Å². The molecule has 6 aliphatic rings. The number of fused-ring (bicyclic) bond motifs is 3. The fourth-order valence-electron chi connectivity index (χ4n) is 10.4. The van der Waals surface area contributed by atoms with Crippen molar-refractivity contribution in [2.24, 2.45) is 28.1 Å². The summed E-state index contributed by atoms with van der Waals surface area (Å²) in [6.07, 6.45) is 9.32. The molecule has 0 amide bonds. The van der Waals surface area contributed by atoms with Crippen molar-refractivity contribution in [3.05, 3.63) is 35.4 Å². The second-order valence-electron chi connectivity index (χ2n) is 14.1. The topological polar surface area (TPSA) is 58.9 Å². The summed E-state index contributed by atoms with van der Waals surface area (Å²) < 4.78 is 13.0. The van der Waals surface area contributed by atoms with Gasteiger partial charge in [0.25, 0.3) is 0 Å². The van der Waals surface area contributed by atoms with E-state index in [0.29, 0.717) is 31.5 Å². The first-order chi connectivity index (χ1) is 16.1. The standard InChI is InChI=1S/C30H42O4/c1-25(2)18-33-29(34-19-25)14-13-27-16-20-6-4-5-7-21(20)30(27)15-12-26(3)22(8-9-24(26)31)23(30)10-11-28(27,32)17-29/h4-7,22-24,31-32H,8-19H2,1-3H3/t22?,23?,24-,26-,27+,28+,30-/m0/s1. The number of hydrogen-bond donors (Lipinski definition) is 2. The third kappa shape index (κ3) is 2.50. The number of benzene rings is 1. The van der Waals surface area contributed by atoms with Crippen LogP contribution in [-0.4, -0.2) is 40.9 Å². The number of aliphatic hydroxyl groups excluding tert-OH is 1. The molecule has 4 heteroatoms. The van der Waals surface area contributed by atoms with E-state index in [1.54, 1.807) is 0 Å². The van der Waals surface area contributed by atoms with Crippen molar-refractivity contribution in [1.29, 1.82) is 0 Å². The Morgan fingerprint density at radius 3 is 2.41 bits per heavy atom. The third-order valence-electron chi connectivity index (χ3n) is 12.1. The Morgan fingerprint density at radius 1 is 0.853 bits per heavy atom. The molecule has 3 spiro atoms. The van der Waals surface area contributed by atoms with Crippen molar-refractivity contribution < 1.29 is 19.7 Å². The minimum absolute atomic E-state index is 0.000375. The van der Waals surface area contributed by atoms with Crippen LogP contribution in [0.1, 0.15) is 89.7 Å². The van der Waals surface area contributed by atoms with Crippen LogP contribution in [0.2, 0.25) is 0 Å². The predicted molar refractivity (Wildman–Crippen MR) is 130 cm³/mol. The Bertz CT molecular complexity index is 1010. The summed E-state index contributed by atoms with van der Waals surface area (Å²) in [7, 11) is 0. The monoisotopic (exact) mass is 466 g/mol. The molecule has 4 nitrogen and oxygen atoms in total. The molecule has 4 saturated carbocycles. The third-order valence-corrected chi connectivity index (χ3v) is 12.1. The molecular weight excluding hydrogens is 424 g/mol. The second kappa shape index (κ2) is 6.68. The van der Waals surface area contributed by atoms with E-state index < -0.39 is 11.4 Å². The Labute approximate surface area is 204 Å². The fraction of sp³-hybridized carbons (Fsp3) is 0.800. The van der Waals surface area contributed by atoms with Crippen molar-refractivity contribution in [3.63, 3.8) is 0 Å². The highest BCUT2D eigenvalue weighted by Gasteiger charge is 2.77. The average Bonchev–Trinajstić information content (AvgIpc) is 3.28. The molecule has 0 radical (unpaired) electrons. The van der Waals surface area contributed by atoms with Crippen LogP contribution in [0.3, 0.4) is 0 Å². The predicted octanol–water partition coefficient (Wildman–Crippen LogP) is 5.13. The molecule has 186 valence electrons. The van der Waals surface area contributed by atoms with Gasteiger partial charge in [0.15, 0.2) is 5.79 Å². The Balaban J connectivity index is 1.34. The van der Waals surface area contributed by atoms with Gasteiger partial charge in [0.05, 0.1) is 24.9 Å². The normalized spacial score (nSPS) is 50.1. The van der Waals surface area contributed by atoms with E-state index in [2.05, 4.69) is 45.0 Å². The maximum atomic E-state index is 12.8. The van der Waals surface area contributed by atoms with Crippen molar-refractivity contribution in [2.75, 3.05) is 13.2 Å². The van der Waals surface area contributed by atoms with Crippen LogP contribution in [0.4, 0.5) is 0 Å². The van der Waals surface area contributed by atoms with Gasteiger partial charge in [-0.1, -0.05) is 45.0 Å². The molecule has 1 heterocycles. The zero-order chi connectivity index (χ0) is 23.6. The molecule has 2 N–H and O–H groups in total. The Morgan fingerprint density at radius 2 is 1.62 bits per heavy atom. The van der Waals surface area contributed by atoms with Crippen LogP contribution in [0, 0.1) is 28.1 Å². The maximum absolute atomic E-state index is 12.8. The zero-order valence-electron chi connectivity index (χ0n) is 21.2. The van der Waals surface area contributed by atoms with Crippen LogP contribution >= 0.6 is 0 Å². The first-order valence-corrected chi connectivity index (χ1v) is 13.9. The molecule has 34 heavy (non-hydrogen) atoms. The van der Waals surface area contributed by atoms with Crippen molar-refractivity contribution in [2.45, 2.75) is 108 Å². The van der Waals surface area contributed by atoms with Gasteiger partial charge in [0.2, 0.25) is 0 Å². The number of ether oxygens (including phenoxy) is 2. The number of rotatable bonds is 0. The van der Waals surface area contributed by atoms with Crippen molar-refractivity contribution in [1.82, 2.24) is 0 Å². The van der Waals surface area contributed by atoms with Gasteiger partial charge in [-0.05, 0) is 79.7 Å². The quantitative estimate of drug-likeness (QED) is 0.556. The van der Waals surface area contributed by atoms with Gasteiger partial charge < -0.3 is 19.7 Å². The molecule has 5 aliphatic carbocycles. The van der Waals surface area contributed by atoms with Crippen molar-refractivity contribution in [3.8, 4) is 0 Å². The molecule has 5 fully saturated rings. The summed E-state index contributed by atoms with van der Waals surface area (Å²) >= 11 is 0. The molecule has 0 bridgehead atoms. The van der Waals surface area contributed by atoms with E-state index in [1.165, 1.54) is 11.1 Å². The molecule has 7 rings (SSSR count). The fourth-order valence-corrected chi connectivity index (χ4v) is 10.4. The lowest BCUT2D eigenvalue weighted by molar-refractivity contribution is -0.357. The van der Waals surface area contributed by atoms with Gasteiger partial charge >= 0.3 is 0 Å². The highest BCUT2D eigenvalue weighted by molar-refractivity contribution is 5.49. The van der Waals surface area contributed by atoms with Crippen LogP contribution in [0.25, 0.3) is 0 Å². The molecule has 0 aromatic heterocycles. The second-order valence-corrected chi connectivity index (χ2v) is 14.1. The molecule has 1 aromatic rings. The zero-order valence-corrected chi connectivity index (χ0v) is 21.2. The smallest absolute Gasteiger partial charge is 0.171 e. The van der Waals surface area contributed by atoms with E-state index >= 15 is 0 Å². The minimum atomic E-state index is -0.785. The number of hydrogen-bond acceptors (Lipinski definition) is 4. The lowest BCUT2D eigenvalue weighted by Crippen LogP contribution is -2.72. The lowest BCUT2D eigenvalue weighted by Gasteiger charge is -2.70. The highest BCUT2D eigenvalue weighted by atomic mass is 16.7. The van der Waals surface area contributed by atoms with Crippen LogP contribution in [0.15, 0.2) is 24.3 Å². The van der Waals surface area contributed by atoms with Crippen LogP contribution in [0.5, 0.6) is 0 Å². The molecule has 1 saturated heterocycles. The van der Waals surface area contributed by atoms with Crippen LogP contribution < -0.4 is 0 Å². The molecule has 7 atom stereocenters. The van der Waals surface area contributed by atoms with Gasteiger partial charge in [0.1, 0.15) is 0 Å². The summed E-state index contributed by atoms with van der Waals surface area (Å²) in [6.45, 7) is 8.14. The van der Waals surface area contributed by atoms with E-state index in [0.717, 1.165) is 57.8 Å².